The van der Waals surface area contributed by atoms with Crippen LogP contribution in [0.3, 0.4) is 0 Å². The van der Waals surface area contributed by atoms with E-state index in [1.165, 1.54) is 0 Å². The number of aliphatic carboxylic acids is 1. The van der Waals surface area contributed by atoms with Crippen LogP contribution in [0.15, 0.2) is 72.8 Å². The Balaban J connectivity index is 1.30. The van der Waals surface area contributed by atoms with Gasteiger partial charge in [-0.15, -0.1) is 0 Å². The smallest absolute Gasteiger partial charge is 0.412 e. The van der Waals surface area contributed by atoms with E-state index in [9.17, 15) is 19.5 Å². The normalized spacial score (nSPS) is 13.1. The van der Waals surface area contributed by atoms with E-state index >= 15 is 0 Å². The fourth-order valence-electron chi connectivity index (χ4n) is 4.53. The van der Waals surface area contributed by atoms with Crippen LogP contribution >= 0.6 is 0 Å². The Morgan fingerprint density at radius 3 is 2.00 bits per heavy atom. The molecule has 0 radical (unpaired) electrons. The van der Waals surface area contributed by atoms with Crippen LogP contribution in [-0.4, -0.2) is 41.5 Å². The number of hydrogen-bond donors (Lipinski definition) is 3. The Hall–Kier alpha value is -4.33. The second-order valence-corrected chi connectivity index (χ2v) is 10.2. The van der Waals surface area contributed by atoms with Crippen molar-refractivity contribution < 1.29 is 29.0 Å². The van der Waals surface area contributed by atoms with Gasteiger partial charge in [0.05, 0.1) is 0 Å². The number of hydrogen-bond acceptors (Lipinski definition) is 5. The monoisotopic (exact) mass is 516 g/mol. The summed E-state index contributed by atoms with van der Waals surface area (Å²) in [6.45, 7) is 5.46. The molecule has 38 heavy (non-hydrogen) atoms. The molecular formula is C30H32N2O6. The lowest BCUT2D eigenvalue weighted by atomic mass is 9.98. The Morgan fingerprint density at radius 1 is 0.868 bits per heavy atom. The number of anilines is 1. The standard InChI is InChI=1S/C30H32N2O6/c1-30(2,3)38-29(36)31-20-15-12-19(13-16-20)14-17-26(27(33)34)32-28(35)37-18-25-23-10-6-4-8-21(23)22-9-5-7-11-24(22)25/h4-13,15-16,25-26H,14,17-18H2,1-3H3,(H,31,36)(H,32,35)(H,33,34). The number of nitrogens with one attached hydrogen (secondary N) is 2. The molecule has 0 spiro atoms. The molecule has 8 nitrogen and oxygen atoms in total. The summed E-state index contributed by atoms with van der Waals surface area (Å²) in [6, 6.07) is 21.9. The third-order valence-corrected chi connectivity index (χ3v) is 6.25. The number of benzene rings is 3. The number of fused-ring (bicyclic) bond motifs is 3. The fraction of sp³-hybridized carbons (Fsp3) is 0.300. The lowest BCUT2D eigenvalue weighted by Gasteiger charge is -2.19. The van der Waals surface area contributed by atoms with E-state index in [1.54, 1.807) is 45.0 Å². The van der Waals surface area contributed by atoms with E-state index in [4.69, 9.17) is 9.47 Å². The Kier molecular flexibility index (Phi) is 8.00. The number of amides is 2. The zero-order chi connectivity index (χ0) is 27.3. The van der Waals surface area contributed by atoms with Gasteiger partial charge in [0.25, 0.3) is 0 Å². The maximum Gasteiger partial charge on any atom is 0.412 e. The summed E-state index contributed by atoms with van der Waals surface area (Å²) in [5, 5.41) is 14.8. The molecule has 4 rings (SSSR count). The van der Waals surface area contributed by atoms with Crippen molar-refractivity contribution in [3.8, 4) is 11.1 Å². The van der Waals surface area contributed by atoms with Crippen molar-refractivity contribution in [3.63, 3.8) is 0 Å². The van der Waals surface area contributed by atoms with E-state index in [2.05, 4.69) is 22.8 Å². The van der Waals surface area contributed by atoms with Gasteiger partial charge in [-0.05, 0) is 73.6 Å². The van der Waals surface area contributed by atoms with Crippen LogP contribution < -0.4 is 10.6 Å². The summed E-state index contributed by atoms with van der Waals surface area (Å²) in [5.74, 6) is -1.24. The zero-order valence-corrected chi connectivity index (χ0v) is 21.7. The predicted octanol–water partition coefficient (Wildman–Crippen LogP) is 5.96. The van der Waals surface area contributed by atoms with Gasteiger partial charge in [0.1, 0.15) is 18.2 Å². The van der Waals surface area contributed by atoms with Crippen molar-refractivity contribution >= 4 is 23.8 Å². The Bertz CT molecular complexity index is 1270. The molecule has 0 heterocycles. The molecule has 8 heteroatoms. The number of carboxylic acid groups (broad SMARTS) is 1. The van der Waals surface area contributed by atoms with Gasteiger partial charge in [0.15, 0.2) is 0 Å². The molecule has 0 aliphatic heterocycles. The topological polar surface area (TPSA) is 114 Å². The number of carbonyl (C=O) groups excluding carboxylic acids is 2. The minimum Gasteiger partial charge on any atom is -0.480 e. The van der Waals surface area contributed by atoms with Crippen LogP contribution in [0.2, 0.25) is 0 Å². The largest absolute Gasteiger partial charge is 0.480 e. The van der Waals surface area contributed by atoms with Crippen molar-refractivity contribution in [1.82, 2.24) is 5.32 Å². The van der Waals surface area contributed by atoms with E-state index in [0.29, 0.717) is 12.1 Å². The molecular weight excluding hydrogens is 484 g/mol. The van der Waals surface area contributed by atoms with Gasteiger partial charge in [-0.2, -0.15) is 0 Å². The highest BCUT2D eigenvalue weighted by atomic mass is 16.6. The Labute approximate surface area is 222 Å². The third kappa shape index (κ3) is 6.70. The lowest BCUT2D eigenvalue weighted by molar-refractivity contribution is -0.139. The molecule has 3 aromatic rings. The summed E-state index contributed by atoms with van der Waals surface area (Å²) in [4.78, 5) is 36.3. The average molecular weight is 517 g/mol. The molecule has 198 valence electrons. The van der Waals surface area contributed by atoms with E-state index < -0.39 is 29.8 Å². The predicted molar refractivity (Wildman–Crippen MR) is 144 cm³/mol. The average Bonchev–Trinajstić information content (AvgIpc) is 3.18. The second kappa shape index (κ2) is 11.4. The molecule has 0 aromatic heterocycles. The van der Waals surface area contributed by atoms with Crippen molar-refractivity contribution in [2.75, 3.05) is 11.9 Å². The summed E-state index contributed by atoms with van der Waals surface area (Å²) in [7, 11) is 0. The third-order valence-electron chi connectivity index (χ3n) is 6.25. The van der Waals surface area contributed by atoms with E-state index in [-0.39, 0.29) is 18.9 Å². The molecule has 3 N–H and O–H groups in total. The first-order valence-corrected chi connectivity index (χ1v) is 12.5. The molecule has 0 fully saturated rings. The van der Waals surface area contributed by atoms with Crippen LogP contribution in [0.25, 0.3) is 11.1 Å². The first-order chi connectivity index (χ1) is 18.1. The molecule has 2 amide bonds. The van der Waals surface area contributed by atoms with Crippen molar-refractivity contribution in [3.05, 3.63) is 89.5 Å². The maximum absolute atomic E-state index is 12.5. The summed E-state index contributed by atoms with van der Waals surface area (Å²) in [6.07, 6.45) is -0.731. The highest BCUT2D eigenvalue weighted by molar-refractivity contribution is 5.85. The van der Waals surface area contributed by atoms with Gasteiger partial charge < -0.3 is 19.9 Å². The van der Waals surface area contributed by atoms with E-state index in [0.717, 1.165) is 27.8 Å². The van der Waals surface area contributed by atoms with Gasteiger partial charge in [0.2, 0.25) is 0 Å². The lowest BCUT2D eigenvalue weighted by Crippen LogP contribution is -2.41. The first kappa shape index (κ1) is 26.7. The molecule has 1 aliphatic carbocycles. The number of ether oxygens (including phenoxy) is 2. The summed E-state index contributed by atoms with van der Waals surface area (Å²) >= 11 is 0. The van der Waals surface area contributed by atoms with Gasteiger partial charge in [-0.25, -0.2) is 14.4 Å². The zero-order valence-electron chi connectivity index (χ0n) is 21.7. The highest BCUT2D eigenvalue weighted by Gasteiger charge is 2.29. The quantitative estimate of drug-likeness (QED) is 0.341. The minimum absolute atomic E-state index is 0.107. The minimum atomic E-state index is -1.14. The van der Waals surface area contributed by atoms with Crippen LogP contribution in [0, 0.1) is 0 Å². The summed E-state index contributed by atoms with van der Waals surface area (Å²) < 4.78 is 10.7. The number of aryl methyl sites for hydroxylation is 1. The first-order valence-electron chi connectivity index (χ1n) is 12.5. The highest BCUT2D eigenvalue weighted by Crippen LogP contribution is 2.44. The molecule has 0 bridgehead atoms. The van der Waals surface area contributed by atoms with Crippen LogP contribution in [-0.2, 0) is 20.7 Å². The second-order valence-electron chi connectivity index (χ2n) is 10.2. The molecule has 3 aromatic carbocycles. The Morgan fingerprint density at radius 2 is 1.45 bits per heavy atom. The number of alkyl carbamates (subject to hydrolysis) is 1. The number of carbonyl (C=O) groups is 3. The van der Waals surface area contributed by atoms with Crippen LogP contribution in [0.4, 0.5) is 15.3 Å². The van der Waals surface area contributed by atoms with Crippen LogP contribution in [0.5, 0.6) is 0 Å². The summed E-state index contributed by atoms with van der Waals surface area (Å²) in [5.41, 5.74) is 5.23. The number of carboxylic acids is 1. The van der Waals surface area contributed by atoms with Gasteiger partial charge in [0, 0.05) is 11.6 Å². The van der Waals surface area contributed by atoms with Gasteiger partial charge >= 0.3 is 18.2 Å². The van der Waals surface area contributed by atoms with Gasteiger partial charge in [-0.1, -0.05) is 60.7 Å². The fourth-order valence-corrected chi connectivity index (χ4v) is 4.53. The van der Waals surface area contributed by atoms with Crippen LogP contribution in [0.1, 0.15) is 49.8 Å². The van der Waals surface area contributed by atoms with E-state index in [1.807, 2.05) is 36.4 Å². The molecule has 0 saturated heterocycles. The molecule has 1 aliphatic rings. The van der Waals surface area contributed by atoms with Crippen molar-refractivity contribution in [2.24, 2.45) is 0 Å². The van der Waals surface area contributed by atoms with Crippen molar-refractivity contribution in [2.45, 2.75) is 51.2 Å². The molecule has 0 saturated carbocycles. The van der Waals surface area contributed by atoms with Gasteiger partial charge in [-0.3, -0.25) is 5.32 Å². The SMILES string of the molecule is CC(C)(C)OC(=O)Nc1ccc(CCC(NC(=O)OCC2c3ccccc3-c3ccccc32)C(=O)O)cc1. The maximum atomic E-state index is 12.5. The molecule has 1 unspecified atom stereocenters. The number of rotatable bonds is 8. The van der Waals surface area contributed by atoms with Crippen molar-refractivity contribution in [1.29, 1.82) is 0 Å². The molecule has 1 atom stereocenters.